The zero-order valence-corrected chi connectivity index (χ0v) is 10.5. The third kappa shape index (κ3) is 3.88. The Morgan fingerprint density at radius 1 is 1.42 bits per heavy atom. The second-order valence-electron chi connectivity index (χ2n) is 4.06. The van der Waals surface area contributed by atoms with Crippen molar-refractivity contribution in [3.63, 3.8) is 0 Å². The third-order valence-electron chi connectivity index (χ3n) is 2.62. The Morgan fingerprint density at radius 3 is 3.05 bits per heavy atom. The van der Waals surface area contributed by atoms with E-state index in [4.69, 9.17) is 10.3 Å². The number of hydrogen-bond acceptors (Lipinski definition) is 6. The van der Waals surface area contributed by atoms with Crippen molar-refractivity contribution in [3.8, 4) is 11.6 Å². The summed E-state index contributed by atoms with van der Waals surface area (Å²) in [7, 11) is 0. The number of amides is 1. The standard InChI is InChI=1S/C11H16N6O2/c12-13-10(18)6-2-1-3-7-17-15-11(14-16-17)9-5-4-8-19-9/h4-5,8H,1-3,6-7,12H2,(H,13,18). The van der Waals surface area contributed by atoms with Crippen molar-refractivity contribution in [3.05, 3.63) is 18.4 Å². The molecule has 8 nitrogen and oxygen atoms in total. The van der Waals surface area contributed by atoms with Crippen molar-refractivity contribution in [2.45, 2.75) is 32.2 Å². The van der Waals surface area contributed by atoms with Gasteiger partial charge in [-0.15, -0.1) is 10.2 Å². The minimum absolute atomic E-state index is 0.140. The van der Waals surface area contributed by atoms with Crippen molar-refractivity contribution in [1.82, 2.24) is 25.6 Å². The molecule has 0 unspecified atom stereocenters. The highest BCUT2D eigenvalue weighted by Crippen LogP contribution is 2.13. The van der Waals surface area contributed by atoms with Gasteiger partial charge >= 0.3 is 0 Å². The van der Waals surface area contributed by atoms with Crippen LogP contribution < -0.4 is 11.3 Å². The van der Waals surface area contributed by atoms with Crippen molar-refractivity contribution in [2.24, 2.45) is 5.84 Å². The van der Waals surface area contributed by atoms with Gasteiger partial charge in [-0.1, -0.05) is 6.42 Å². The Labute approximate surface area is 109 Å². The monoisotopic (exact) mass is 264 g/mol. The zero-order valence-electron chi connectivity index (χ0n) is 10.5. The number of aromatic nitrogens is 4. The third-order valence-corrected chi connectivity index (χ3v) is 2.62. The summed E-state index contributed by atoms with van der Waals surface area (Å²) in [6.45, 7) is 0.665. The molecule has 2 heterocycles. The van der Waals surface area contributed by atoms with E-state index in [0.717, 1.165) is 19.3 Å². The van der Waals surface area contributed by atoms with Crippen LogP contribution in [0.25, 0.3) is 11.6 Å². The Kier molecular flexibility index (Phi) is 4.62. The molecule has 1 amide bonds. The first-order valence-electron chi connectivity index (χ1n) is 6.10. The number of rotatable bonds is 7. The Bertz CT molecular complexity index is 507. The highest BCUT2D eigenvalue weighted by Gasteiger charge is 2.07. The van der Waals surface area contributed by atoms with E-state index < -0.39 is 0 Å². The van der Waals surface area contributed by atoms with E-state index in [9.17, 15) is 4.79 Å². The van der Waals surface area contributed by atoms with Gasteiger partial charge in [0.05, 0.1) is 12.8 Å². The molecule has 2 aromatic rings. The van der Waals surface area contributed by atoms with Gasteiger partial charge in [-0.2, -0.15) is 4.80 Å². The number of nitrogens with zero attached hydrogens (tertiary/aromatic N) is 4. The summed E-state index contributed by atoms with van der Waals surface area (Å²) in [6, 6.07) is 3.56. The largest absolute Gasteiger partial charge is 0.461 e. The number of carbonyl (C=O) groups is 1. The van der Waals surface area contributed by atoms with Crippen LogP contribution in [-0.4, -0.2) is 26.1 Å². The molecule has 3 N–H and O–H groups in total. The zero-order chi connectivity index (χ0) is 13.5. The molecule has 0 aliphatic carbocycles. The quantitative estimate of drug-likeness (QED) is 0.325. The smallest absolute Gasteiger partial charge is 0.240 e. The second kappa shape index (κ2) is 6.64. The van der Waals surface area contributed by atoms with E-state index in [1.807, 2.05) is 0 Å². The number of hydrazine groups is 1. The van der Waals surface area contributed by atoms with Crippen LogP contribution in [0.2, 0.25) is 0 Å². The van der Waals surface area contributed by atoms with E-state index in [1.54, 1.807) is 18.4 Å². The van der Waals surface area contributed by atoms with Crippen LogP contribution in [0.4, 0.5) is 0 Å². The van der Waals surface area contributed by atoms with Gasteiger partial charge in [0.1, 0.15) is 0 Å². The molecule has 0 aliphatic rings. The normalized spacial score (nSPS) is 10.6. The van der Waals surface area contributed by atoms with Crippen LogP contribution in [0.3, 0.4) is 0 Å². The van der Waals surface area contributed by atoms with E-state index in [2.05, 4.69) is 20.8 Å². The molecule has 102 valence electrons. The van der Waals surface area contributed by atoms with Crippen molar-refractivity contribution in [1.29, 1.82) is 0 Å². The van der Waals surface area contributed by atoms with Crippen LogP contribution in [0.1, 0.15) is 25.7 Å². The lowest BCUT2D eigenvalue weighted by Crippen LogP contribution is -2.29. The van der Waals surface area contributed by atoms with Crippen LogP contribution in [0, 0.1) is 0 Å². The number of nitrogens with two attached hydrogens (primary N) is 1. The van der Waals surface area contributed by atoms with Crippen molar-refractivity contribution in [2.75, 3.05) is 0 Å². The topological polar surface area (TPSA) is 112 Å². The van der Waals surface area contributed by atoms with Gasteiger partial charge < -0.3 is 4.42 Å². The highest BCUT2D eigenvalue weighted by atomic mass is 16.3. The lowest BCUT2D eigenvalue weighted by Gasteiger charge is -2.00. The van der Waals surface area contributed by atoms with E-state index in [-0.39, 0.29) is 5.91 Å². The summed E-state index contributed by atoms with van der Waals surface area (Å²) in [5.74, 6) is 5.93. The number of hydrogen-bond donors (Lipinski definition) is 2. The number of tetrazole rings is 1. The van der Waals surface area contributed by atoms with Gasteiger partial charge in [0.15, 0.2) is 5.76 Å². The van der Waals surface area contributed by atoms with E-state index in [0.29, 0.717) is 24.6 Å². The molecule has 0 aromatic carbocycles. The molecule has 19 heavy (non-hydrogen) atoms. The van der Waals surface area contributed by atoms with Gasteiger partial charge in [-0.05, 0) is 30.2 Å². The van der Waals surface area contributed by atoms with Gasteiger partial charge in [-0.25, -0.2) is 5.84 Å². The maximum atomic E-state index is 10.9. The second-order valence-corrected chi connectivity index (χ2v) is 4.06. The van der Waals surface area contributed by atoms with Gasteiger partial charge in [0, 0.05) is 6.42 Å². The van der Waals surface area contributed by atoms with Crippen LogP contribution in [0.5, 0.6) is 0 Å². The molecule has 0 radical (unpaired) electrons. The van der Waals surface area contributed by atoms with Crippen LogP contribution in [0.15, 0.2) is 22.8 Å². The first-order chi connectivity index (χ1) is 9.29. The van der Waals surface area contributed by atoms with Gasteiger partial charge in [-0.3, -0.25) is 10.2 Å². The molecule has 0 saturated heterocycles. The average Bonchev–Trinajstić information content (AvgIpc) is 3.08. The number of unbranched alkanes of at least 4 members (excludes halogenated alkanes) is 2. The number of furan rings is 1. The highest BCUT2D eigenvalue weighted by molar-refractivity contribution is 5.75. The summed E-state index contributed by atoms with van der Waals surface area (Å²) in [5.41, 5.74) is 2.10. The van der Waals surface area contributed by atoms with Gasteiger partial charge in [0.2, 0.25) is 11.7 Å². The summed E-state index contributed by atoms with van der Waals surface area (Å²) in [5, 5.41) is 12.0. The molecule has 0 saturated carbocycles. The maximum absolute atomic E-state index is 10.9. The number of nitrogens with one attached hydrogen (secondary N) is 1. The first-order valence-corrected chi connectivity index (χ1v) is 6.10. The molecule has 0 atom stereocenters. The molecular weight excluding hydrogens is 248 g/mol. The number of carbonyl (C=O) groups excluding carboxylic acids is 1. The van der Waals surface area contributed by atoms with Crippen LogP contribution in [-0.2, 0) is 11.3 Å². The van der Waals surface area contributed by atoms with E-state index in [1.165, 1.54) is 4.80 Å². The van der Waals surface area contributed by atoms with Gasteiger partial charge in [0.25, 0.3) is 0 Å². The molecular formula is C11H16N6O2. The fourth-order valence-electron chi connectivity index (χ4n) is 1.63. The predicted molar refractivity (Wildman–Crippen MR) is 66.3 cm³/mol. The van der Waals surface area contributed by atoms with E-state index >= 15 is 0 Å². The minimum Gasteiger partial charge on any atom is -0.461 e. The SMILES string of the molecule is NNC(=O)CCCCCn1nnc(-c2ccco2)n1. The van der Waals surface area contributed by atoms with Crippen molar-refractivity contribution >= 4 is 5.91 Å². The number of aryl methyl sites for hydroxylation is 1. The maximum Gasteiger partial charge on any atom is 0.240 e. The fourth-order valence-corrected chi connectivity index (χ4v) is 1.63. The molecule has 2 aromatic heterocycles. The lowest BCUT2D eigenvalue weighted by atomic mass is 10.2. The summed E-state index contributed by atoms with van der Waals surface area (Å²) >= 11 is 0. The lowest BCUT2D eigenvalue weighted by molar-refractivity contribution is -0.121. The summed E-state index contributed by atoms with van der Waals surface area (Å²) in [6.07, 6.45) is 4.59. The minimum atomic E-state index is -0.140. The first kappa shape index (κ1) is 13.2. The summed E-state index contributed by atoms with van der Waals surface area (Å²) in [4.78, 5) is 12.4. The molecule has 0 spiro atoms. The fraction of sp³-hybridized carbons (Fsp3) is 0.455. The van der Waals surface area contributed by atoms with Crippen molar-refractivity contribution < 1.29 is 9.21 Å². The Balaban J connectivity index is 1.71. The Morgan fingerprint density at radius 2 is 2.32 bits per heavy atom. The molecule has 0 aliphatic heterocycles. The average molecular weight is 264 g/mol. The molecule has 0 bridgehead atoms. The molecule has 8 heteroatoms. The molecule has 2 rings (SSSR count). The van der Waals surface area contributed by atoms with Crippen LogP contribution >= 0.6 is 0 Å². The summed E-state index contributed by atoms with van der Waals surface area (Å²) < 4.78 is 5.18. The molecule has 0 fully saturated rings. The Hall–Kier alpha value is -2.22. The predicted octanol–water partition coefficient (Wildman–Crippen LogP) is 0.483.